The monoisotopic (exact) mass is 194 g/mol. The van der Waals surface area contributed by atoms with Crippen molar-refractivity contribution < 1.29 is 4.79 Å². The molecule has 5 heteroatoms. The molecule has 0 fully saturated rings. The van der Waals surface area contributed by atoms with Gasteiger partial charge in [-0.05, 0) is 13.1 Å². The molecule has 0 bridgehead atoms. The van der Waals surface area contributed by atoms with Gasteiger partial charge in [0.15, 0.2) is 0 Å². The number of nitrogens with zero attached hydrogens (tertiary/aromatic N) is 3. The molecule has 1 amide bonds. The lowest BCUT2D eigenvalue weighted by molar-refractivity contribution is 0.0796. The minimum atomic E-state index is -0.0323. The minimum absolute atomic E-state index is 0.0323. The molecule has 0 aliphatic carbocycles. The SMILES string of the molecule is CNCCN(C)C(=O)c1ccnnc1. The van der Waals surface area contributed by atoms with Crippen molar-refractivity contribution in [3.05, 3.63) is 24.0 Å². The van der Waals surface area contributed by atoms with Crippen LogP contribution in [0.1, 0.15) is 10.4 Å². The normalized spacial score (nSPS) is 9.86. The average Bonchev–Trinajstić information content (AvgIpc) is 2.26. The molecule has 1 heterocycles. The van der Waals surface area contributed by atoms with Crippen molar-refractivity contribution in [1.82, 2.24) is 20.4 Å². The van der Waals surface area contributed by atoms with Crippen molar-refractivity contribution in [1.29, 1.82) is 0 Å². The summed E-state index contributed by atoms with van der Waals surface area (Å²) in [6.45, 7) is 1.46. The van der Waals surface area contributed by atoms with Gasteiger partial charge in [-0.1, -0.05) is 0 Å². The largest absolute Gasteiger partial charge is 0.340 e. The molecular weight excluding hydrogens is 180 g/mol. The molecule has 76 valence electrons. The number of aromatic nitrogens is 2. The zero-order valence-corrected chi connectivity index (χ0v) is 8.40. The van der Waals surface area contributed by atoms with E-state index < -0.39 is 0 Å². The smallest absolute Gasteiger partial charge is 0.255 e. The predicted molar refractivity (Wildman–Crippen MR) is 52.9 cm³/mol. The van der Waals surface area contributed by atoms with E-state index in [1.807, 2.05) is 7.05 Å². The molecule has 0 spiro atoms. The number of rotatable bonds is 4. The van der Waals surface area contributed by atoms with Crippen LogP contribution in [0, 0.1) is 0 Å². The van der Waals surface area contributed by atoms with E-state index in [-0.39, 0.29) is 5.91 Å². The van der Waals surface area contributed by atoms with Gasteiger partial charge in [-0.2, -0.15) is 10.2 Å². The van der Waals surface area contributed by atoms with Crippen molar-refractivity contribution in [2.75, 3.05) is 27.2 Å². The van der Waals surface area contributed by atoms with Gasteiger partial charge >= 0.3 is 0 Å². The second-order valence-electron chi connectivity index (χ2n) is 2.96. The quantitative estimate of drug-likeness (QED) is 0.719. The molecule has 5 nitrogen and oxygen atoms in total. The molecule has 0 unspecified atom stereocenters. The van der Waals surface area contributed by atoms with E-state index in [1.54, 1.807) is 18.0 Å². The van der Waals surface area contributed by atoms with Crippen LogP contribution in [0.4, 0.5) is 0 Å². The Kier molecular flexibility index (Phi) is 4.00. The number of carbonyl (C=O) groups is 1. The second-order valence-corrected chi connectivity index (χ2v) is 2.96. The maximum Gasteiger partial charge on any atom is 0.255 e. The van der Waals surface area contributed by atoms with Gasteiger partial charge in [0.25, 0.3) is 5.91 Å². The maximum atomic E-state index is 11.7. The van der Waals surface area contributed by atoms with Crippen LogP contribution in [0.25, 0.3) is 0 Å². The summed E-state index contributed by atoms with van der Waals surface area (Å²) in [4.78, 5) is 13.3. The Morgan fingerprint density at radius 2 is 2.36 bits per heavy atom. The molecular formula is C9H14N4O. The van der Waals surface area contributed by atoms with Crippen molar-refractivity contribution in [3.8, 4) is 0 Å². The van der Waals surface area contributed by atoms with Gasteiger partial charge in [0, 0.05) is 20.1 Å². The first-order valence-electron chi connectivity index (χ1n) is 4.42. The number of carbonyl (C=O) groups excluding carboxylic acids is 1. The van der Waals surface area contributed by atoms with Gasteiger partial charge in [-0.25, -0.2) is 0 Å². The van der Waals surface area contributed by atoms with Crippen LogP contribution >= 0.6 is 0 Å². The number of hydrogen-bond donors (Lipinski definition) is 1. The number of nitrogens with one attached hydrogen (secondary N) is 1. The Bertz CT molecular complexity index is 288. The predicted octanol–water partition coefficient (Wildman–Crippen LogP) is -0.232. The Labute approximate surface area is 83.1 Å². The third-order valence-electron chi connectivity index (χ3n) is 1.88. The van der Waals surface area contributed by atoms with E-state index in [4.69, 9.17) is 0 Å². The van der Waals surface area contributed by atoms with Crippen molar-refractivity contribution in [3.63, 3.8) is 0 Å². The Morgan fingerprint density at radius 1 is 1.57 bits per heavy atom. The summed E-state index contributed by atoms with van der Waals surface area (Å²) in [5.41, 5.74) is 0.568. The summed E-state index contributed by atoms with van der Waals surface area (Å²) in [6.07, 6.45) is 2.98. The highest BCUT2D eigenvalue weighted by atomic mass is 16.2. The lowest BCUT2D eigenvalue weighted by atomic mass is 10.3. The summed E-state index contributed by atoms with van der Waals surface area (Å²) >= 11 is 0. The van der Waals surface area contributed by atoms with Crippen LogP contribution in [0.2, 0.25) is 0 Å². The van der Waals surface area contributed by atoms with Gasteiger partial charge in [0.05, 0.1) is 18.0 Å². The highest BCUT2D eigenvalue weighted by molar-refractivity contribution is 5.93. The summed E-state index contributed by atoms with van der Waals surface area (Å²) < 4.78 is 0. The lowest BCUT2D eigenvalue weighted by Crippen LogP contribution is -2.32. The highest BCUT2D eigenvalue weighted by Gasteiger charge is 2.10. The molecule has 0 radical (unpaired) electrons. The molecule has 1 aromatic heterocycles. The molecule has 0 saturated carbocycles. The molecule has 1 N–H and O–H groups in total. The maximum absolute atomic E-state index is 11.7. The second kappa shape index (κ2) is 5.29. The van der Waals surface area contributed by atoms with Crippen molar-refractivity contribution in [2.45, 2.75) is 0 Å². The highest BCUT2D eigenvalue weighted by Crippen LogP contribution is 1.98. The number of likely N-dealkylation sites (N-methyl/N-ethyl adjacent to an activating group) is 2. The van der Waals surface area contributed by atoms with E-state index in [2.05, 4.69) is 15.5 Å². The molecule has 0 aromatic carbocycles. The van der Waals surface area contributed by atoms with Crippen LogP contribution in [0.5, 0.6) is 0 Å². The fourth-order valence-electron chi connectivity index (χ4n) is 1.02. The average molecular weight is 194 g/mol. The van der Waals surface area contributed by atoms with Crippen molar-refractivity contribution in [2.24, 2.45) is 0 Å². The van der Waals surface area contributed by atoms with Crippen LogP contribution in [-0.2, 0) is 0 Å². The van der Waals surface area contributed by atoms with Gasteiger partial charge in [-0.3, -0.25) is 4.79 Å². The lowest BCUT2D eigenvalue weighted by Gasteiger charge is -2.16. The van der Waals surface area contributed by atoms with Gasteiger partial charge < -0.3 is 10.2 Å². The van der Waals surface area contributed by atoms with Gasteiger partial charge in [0.1, 0.15) is 0 Å². The fourth-order valence-corrected chi connectivity index (χ4v) is 1.02. The van der Waals surface area contributed by atoms with Crippen molar-refractivity contribution >= 4 is 5.91 Å². The van der Waals surface area contributed by atoms with E-state index in [0.717, 1.165) is 6.54 Å². The fraction of sp³-hybridized carbons (Fsp3) is 0.444. The third-order valence-corrected chi connectivity index (χ3v) is 1.88. The van der Waals surface area contributed by atoms with Crippen LogP contribution in [0.3, 0.4) is 0 Å². The molecule has 0 aliphatic heterocycles. The summed E-state index contributed by atoms with van der Waals surface area (Å²) in [5.74, 6) is -0.0323. The summed E-state index contributed by atoms with van der Waals surface area (Å²) in [7, 11) is 3.62. The van der Waals surface area contributed by atoms with Gasteiger partial charge in [-0.15, -0.1) is 0 Å². The molecule has 0 aliphatic rings. The zero-order chi connectivity index (χ0) is 10.4. The van der Waals surface area contributed by atoms with E-state index in [1.165, 1.54) is 12.4 Å². The molecule has 1 rings (SSSR count). The first kappa shape index (κ1) is 10.6. The Balaban J connectivity index is 2.57. The minimum Gasteiger partial charge on any atom is -0.340 e. The van der Waals surface area contributed by atoms with Crippen LogP contribution in [0.15, 0.2) is 18.5 Å². The topological polar surface area (TPSA) is 58.1 Å². The summed E-state index contributed by atoms with van der Waals surface area (Å²) in [6, 6.07) is 1.66. The third kappa shape index (κ3) is 2.77. The van der Waals surface area contributed by atoms with E-state index >= 15 is 0 Å². The first-order valence-corrected chi connectivity index (χ1v) is 4.42. The van der Waals surface area contributed by atoms with Gasteiger partial charge in [0.2, 0.25) is 0 Å². The van der Waals surface area contributed by atoms with Crippen LogP contribution in [-0.4, -0.2) is 48.2 Å². The standard InChI is InChI=1S/C9H14N4O/c1-10-5-6-13(2)9(14)8-3-4-11-12-7-8/h3-4,7,10H,5-6H2,1-2H3. The molecule has 0 saturated heterocycles. The Hall–Kier alpha value is -1.49. The molecule has 14 heavy (non-hydrogen) atoms. The molecule has 0 atom stereocenters. The zero-order valence-electron chi connectivity index (χ0n) is 8.40. The van der Waals surface area contributed by atoms with E-state index in [0.29, 0.717) is 12.1 Å². The first-order chi connectivity index (χ1) is 6.75. The number of hydrogen-bond acceptors (Lipinski definition) is 4. The van der Waals surface area contributed by atoms with E-state index in [9.17, 15) is 4.79 Å². The number of amides is 1. The Morgan fingerprint density at radius 3 is 2.93 bits per heavy atom. The van der Waals surface area contributed by atoms with Crippen LogP contribution < -0.4 is 5.32 Å². The summed E-state index contributed by atoms with van der Waals surface area (Å²) in [5, 5.41) is 10.3. The molecule has 1 aromatic rings.